The van der Waals surface area contributed by atoms with E-state index in [1.807, 2.05) is 17.4 Å². The fourth-order valence-corrected chi connectivity index (χ4v) is 4.50. The monoisotopic (exact) mass is 474 g/mol. The topological polar surface area (TPSA) is 78.7 Å². The molecule has 3 aromatic rings. The molecule has 1 amide bonds. The van der Waals surface area contributed by atoms with Gasteiger partial charge in [-0.05, 0) is 29.2 Å². The Morgan fingerprint density at radius 2 is 1.74 bits per heavy atom. The number of aliphatic carboxylic acids is 1. The van der Waals surface area contributed by atoms with Gasteiger partial charge in [0.05, 0.1) is 12.0 Å². The standard InChI is InChI=1S/C22H24N4O.C2HF3O2/c27-22(25-10-3-4-11-25)21-15-24(14-19-12-23-16-26(19)21)13-18-8-5-7-17-6-1-2-9-20(17)18;3-2(4,5)1(6)7/h1-2,5-9,12,16,21H,3-4,10-11,13-15H2;(H,6,7). The Bertz CT molecular complexity index is 1170. The molecule has 0 bridgehead atoms. The van der Waals surface area contributed by atoms with E-state index < -0.39 is 12.1 Å². The maximum Gasteiger partial charge on any atom is 0.490 e. The molecule has 0 saturated carbocycles. The molecular formula is C24H25F3N4O3. The molecule has 2 aliphatic rings. The van der Waals surface area contributed by atoms with Gasteiger partial charge in [0, 0.05) is 38.9 Å². The van der Waals surface area contributed by atoms with Gasteiger partial charge < -0.3 is 14.6 Å². The Labute approximate surface area is 194 Å². The van der Waals surface area contributed by atoms with E-state index in [4.69, 9.17) is 9.90 Å². The third-order valence-electron chi connectivity index (χ3n) is 6.12. The van der Waals surface area contributed by atoms with Crippen LogP contribution in [-0.2, 0) is 22.7 Å². The molecule has 1 atom stereocenters. The predicted octanol–water partition coefficient (Wildman–Crippen LogP) is 3.85. The van der Waals surface area contributed by atoms with Crippen LogP contribution >= 0.6 is 0 Å². The summed E-state index contributed by atoms with van der Waals surface area (Å²) in [5, 5.41) is 9.68. The molecule has 1 saturated heterocycles. The minimum absolute atomic E-state index is 0.163. The van der Waals surface area contributed by atoms with Crippen LogP contribution in [-0.4, -0.2) is 62.1 Å². The van der Waals surface area contributed by atoms with Crippen LogP contribution in [0.15, 0.2) is 55.0 Å². The maximum atomic E-state index is 13.1. The third kappa shape index (κ3) is 5.22. The van der Waals surface area contributed by atoms with Gasteiger partial charge >= 0.3 is 12.1 Å². The summed E-state index contributed by atoms with van der Waals surface area (Å²) < 4.78 is 33.8. The SMILES string of the molecule is O=C(C1CN(Cc2cccc3ccccc23)Cc2cncn21)N1CCCC1.O=C(O)C(F)(F)F. The lowest BCUT2D eigenvalue weighted by atomic mass is 10.0. The highest BCUT2D eigenvalue weighted by molar-refractivity contribution is 5.85. The summed E-state index contributed by atoms with van der Waals surface area (Å²) in [6, 6.07) is 14.8. The van der Waals surface area contributed by atoms with Crippen molar-refractivity contribution in [1.29, 1.82) is 0 Å². The van der Waals surface area contributed by atoms with E-state index in [-0.39, 0.29) is 11.9 Å². The van der Waals surface area contributed by atoms with Crippen LogP contribution in [0.5, 0.6) is 0 Å². The number of alkyl halides is 3. The number of hydrogen-bond donors (Lipinski definition) is 1. The van der Waals surface area contributed by atoms with E-state index in [9.17, 15) is 18.0 Å². The van der Waals surface area contributed by atoms with Gasteiger partial charge in [0.1, 0.15) is 6.04 Å². The maximum absolute atomic E-state index is 13.1. The summed E-state index contributed by atoms with van der Waals surface area (Å²) in [6.45, 7) is 4.19. The van der Waals surface area contributed by atoms with Gasteiger partial charge in [0.15, 0.2) is 0 Å². The molecule has 1 aromatic heterocycles. The molecular weight excluding hydrogens is 449 g/mol. The fraction of sp³-hybridized carbons (Fsp3) is 0.375. The fourth-order valence-electron chi connectivity index (χ4n) is 4.50. The molecule has 1 fully saturated rings. The largest absolute Gasteiger partial charge is 0.490 e. The Morgan fingerprint density at radius 3 is 2.44 bits per heavy atom. The lowest BCUT2D eigenvalue weighted by molar-refractivity contribution is -0.192. The second kappa shape index (κ2) is 9.84. The van der Waals surface area contributed by atoms with E-state index in [0.717, 1.165) is 51.3 Å². The summed E-state index contributed by atoms with van der Waals surface area (Å²) in [6.07, 6.45) is 0.882. The lowest BCUT2D eigenvalue weighted by Gasteiger charge is -2.35. The molecule has 0 radical (unpaired) electrons. The first-order valence-corrected chi connectivity index (χ1v) is 11.0. The van der Waals surface area contributed by atoms with Crippen LogP contribution in [0.1, 0.15) is 30.1 Å². The average Bonchev–Trinajstić information content (AvgIpc) is 3.50. The zero-order valence-electron chi connectivity index (χ0n) is 18.4. The number of imidazole rings is 1. The second-order valence-corrected chi connectivity index (χ2v) is 8.45. The summed E-state index contributed by atoms with van der Waals surface area (Å²) in [5.41, 5.74) is 2.44. The van der Waals surface area contributed by atoms with E-state index in [0.29, 0.717) is 0 Å². The number of halogens is 3. The molecule has 10 heteroatoms. The first-order valence-electron chi connectivity index (χ1n) is 11.0. The van der Waals surface area contributed by atoms with E-state index in [1.165, 1.54) is 16.3 Å². The van der Waals surface area contributed by atoms with Crippen LogP contribution in [0.25, 0.3) is 10.8 Å². The smallest absolute Gasteiger partial charge is 0.475 e. The minimum Gasteiger partial charge on any atom is -0.475 e. The highest BCUT2D eigenvalue weighted by Gasteiger charge is 2.38. The number of nitrogens with zero attached hydrogens (tertiary/aromatic N) is 4. The van der Waals surface area contributed by atoms with Gasteiger partial charge in [-0.25, -0.2) is 9.78 Å². The molecule has 0 spiro atoms. The number of hydrogen-bond acceptors (Lipinski definition) is 4. The molecule has 0 aliphatic carbocycles. The Morgan fingerprint density at radius 1 is 1.06 bits per heavy atom. The molecule has 2 aromatic carbocycles. The van der Waals surface area contributed by atoms with Crippen molar-refractivity contribution in [3.05, 3.63) is 66.2 Å². The molecule has 5 rings (SSSR count). The number of amides is 1. The number of benzene rings is 2. The quantitative estimate of drug-likeness (QED) is 0.624. The number of carboxylic acids is 1. The van der Waals surface area contributed by atoms with Crippen molar-refractivity contribution in [1.82, 2.24) is 19.4 Å². The zero-order valence-corrected chi connectivity index (χ0v) is 18.4. The lowest BCUT2D eigenvalue weighted by Crippen LogP contribution is -2.45. The van der Waals surface area contributed by atoms with Crippen LogP contribution < -0.4 is 0 Å². The molecule has 7 nitrogen and oxygen atoms in total. The molecule has 180 valence electrons. The second-order valence-electron chi connectivity index (χ2n) is 8.45. The number of carboxylic acid groups (broad SMARTS) is 1. The van der Waals surface area contributed by atoms with Gasteiger partial charge in [-0.1, -0.05) is 42.5 Å². The highest BCUT2D eigenvalue weighted by Crippen LogP contribution is 2.27. The molecule has 2 aliphatic heterocycles. The van der Waals surface area contributed by atoms with Crippen LogP contribution in [0.4, 0.5) is 13.2 Å². The number of carbonyl (C=O) groups is 2. The third-order valence-corrected chi connectivity index (χ3v) is 6.12. The number of carbonyl (C=O) groups excluding carboxylic acids is 1. The average molecular weight is 474 g/mol. The van der Waals surface area contributed by atoms with Crippen molar-refractivity contribution in [3.8, 4) is 0 Å². The summed E-state index contributed by atoms with van der Waals surface area (Å²) in [4.78, 5) is 30.7. The first-order chi connectivity index (χ1) is 16.2. The van der Waals surface area contributed by atoms with Gasteiger partial charge in [0.25, 0.3) is 0 Å². The van der Waals surface area contributed by atoms with Gasteiger partial charge in [-0.2, -0.15) is 13.2 Å². The number of fused-ring (bicyclic) bond motifs is 2. The van der Waals surface area contributed by atoms with Crippen molar-refractivity contribution in [2.75, 3.05) is 19.6 Å². The normalized spacial score (nSPS) is 18.3. The first kappa shape index (κ1) is 23.7. The van der Waals surface area contributed by atoms with Crippen molar-refractivity contribution < 1.29 is 27.9 Å². The number of aromatic nitrogens is 2. The zero-order chi connectivity index (χ0) is 24.3. The highest BCUT2D eigenvalue weighted by atomic mass is 19.4. The van der Waals surface area contributed by atoms with E-state index >= 15 is 0 Å². The van der Waals surface area contributed by atoms with Crippen LogP contribution in [0, 0.1) is 0 Å². The Kier molecular flexibility index (Phi) is 6.87. The molecule has 3 heterocycles. The molecule has 1 N–H and O–H groups in total. The van der Waals surface area contributed by atoms with Gasteiger partial charge in [-0.15, -0.1) is 0 Å². The van der Waals surface area contributed by atoms with Crippen molar-refractivity contribution in [2.24, 2.45) is 0 Å². The summed E-state index contributed by atoms with van der Waals surface area (Å²) in [7, 11) is 0. The molecule has 34 heavy (non-hydrogen) atoms. The van der Waals surface area contributed by atoms with Crippen molar-refractivity contribution in [2.45, 2.75) is 38.1 Å². The van der Waals surface area contributed by atoms with Crippen molar-refractivity contribution >= 4 is 22.6 Å². The summed E-state index contributed by atoms with van der Waals surface area (Å²) >= 11 is 0. The van der Waals surface area contributed by atoms with E-state index in [2.05, 4.69) is 56.9 Å². The van der Waals surface area contributed by atoms with Gasteiger partial charge in [0.2, 0.25) is 5.91 Å². The van der Waals surface area contributed by atoms with Crippen LogP contribution in [0.2, 0.25) is 0 Å². The minimum atomic E-state index is -5.08. The van der Waals surface area contributed by atoms with E-state index in [1.54, 1.807) is 0 Å². The number of likely N-dealkylation sites (tertiary alicyclic amines) is 1. The Balaban J connectivity index is 0.000000344. The van der Waals surface area contributed by atoms with Crippen LogP contribution in [0.3, 0.4) is 0 Å². The molecule has 1 unspecified atom stereocenters. The Hall–Kier alpha value is -3.40. The van der Waals surface area contributed by atoms with Gasteiger partial charge in [-0.3, -0.25) is 9.69 Å². The predicted molar refractivity (Wildman–Crippen MR) is 119 cm³/mol. The number of rotatable bonds is 3. The summed E-state index contributed by atoms with van der Waals surface area (Å²) in [5.74, 6) is -2.51. The van der Waals surface area contributed by atoms with Crippen molar-refractivity contribution in [3.63, 3.8) is 0 Å².